The van der Waals surface area contributed by atoms with Gasteiger partial charge in [0.05, 0.1) is 6.26 Å². The molecular formula is C6H6O3. The summed E-state index contributed by atoms with van der Waals surface area (Å²) in [5.41, 5.74) is 0. The molecule has 0 unspecified atom stereocenters. The van der Waals surface area contributed by atoms with E-state index < -0.39 is 0 Å². The number of hydrogen-bond donors (Lipinski definition) is 0. The molecular weight excluding hydrogens is 120 g/mol. The first kappa shape index (κ1) is 5.88. The largest absolute Gasteiger partial charge is 0.466 e. The number of rotatable bonds is 2. The summed E-state index contributed by atoms with van der Waals surface area (Å²) in [4.78, 5) is 9.76. The second kappa shape index (κ2) is 2.35. The van der Waals surface area contributed by atoms with Crippen LogP contribution in [0.5, 0.6) is 5.75 Å². The van der Waals surface area contributed by atoms with E-state index in [9.17, 15) is 4.79 Å². The molecule has 0 atom stereocenters. The molecule has 0 aliphatic heterocycles. The standard InChI is InChI=1S/C6H6O3/c1-5-6(9-4-7)2-3-8-5/h2-4H,1H3. The van der Waals surface area contributed by atoms with Crippen molar-refractivity contribution in [2.75, 3.05) is 0 Å². The van der Waals surface area contributed by atoms with Gasteiger partial charge in [0.15, 0.2) is 5.75 Å². The quantitative estimate of drug-likeness (QED) is 0.557. The van der Waals surface area contributed by atoms with Crippen molar-refractivity contribution < 1.29 is 13.9 Å². The van der Waals surface area contributed by atoms with Crippen LogP contribution in [0.3, 0.4) is 0 Å². The predicted octanol–water partition coefficient (Wildman–Crippen LogP) is 1.12. The highest BCUT2D eigenvalue weighted by Crippen LogP contribution is 2.16. The Balaban J connectivity index is 2.80. The van der Waals surface area contributed by atoms with Crippen molar-refractivity contribution in [1.29, 1.82) is 0 Å². The van der Waals surface area contributed by atoms with Crippen molar-refractivity contribution in [1.82, 2.24) is 0 Å². The first-order valence-electron chi connectivity index (χ1n) is 2.49. The van der Waals surface area contributed by atoms with Gasteiger partial charge in [-0.25, -0.2) is 0 Å². The monoisotopic (exact) mass is 126 g/mol. The summed E-state index contributed by atoms with van der Waals surface area (Å²) in [5.74, 6) is 1.09. The average molecular weight is 126 g/mol. The molecule has 0 saturated carbocycles. The molecule has 0 bridgehead atoms. The van der Waals surface area contributed by atoms with Gasteiger partial charge in [-0.05, 0) is 6.92 Å². The smallest absolute Gasteiger partial charge is 0.298 e. The van der Waals surface area contributed by atoms with Crippen molar-refractivity contribution >= 4 is 6.47 Å². The Morgan fingerprint density at radius 2 is 2.56 bits per heavy atom. The fraction of sp³-hybridized carbons (Fsp3) is 0.167. The van der Waals surface area contributed by atoms with Crippen LogP contribution in [0.15, 0.2) is 16.7 Å². The summed E-state index contributed by atoms with van der Waals surface area (Å²) in [6.45, 7) is 2.09. The zero-order valence-corrected chi connectivity index (χ0v) is 4.96. The Bertz CT molecular complexity index is 202. The molecule has 0 N–H and O–H groups in total. The molecule has 1 aromatic heterocycles. The summed E-state index contributed by atoms with van der Waals surface area (Å²) in [7, 11) is 0. The van der Waals surface area contributed by atoms with Gasteiger partial charge in [-0.2, -0.15) is 0 Å². The van der Waals surface area contributed by atoms with Crippen LogP contribution in [0.25, 0.3) is 0 Å². The third-order valence-corrected chi connectivity index (χ3v) is 0.986. The van der Waals surface area contributed by atoms with E-state index >= 15 is 0 Å². The summed E-state index contributed by atoms with van der Waals surface area (Å²) in [5, 5.41) is 0. The van der Waals surface area contributed by atoms with Gasteiger partial charge in [0.1, 0.15) is 5.76 Å². The molecule has 0 saturated heterocycles. The lowest BCUT2D eigenvalue weighted by Crippen LogP contribution is -1.86. The molecule has 0 radical (unpaired) electrons. The second-order valence-electron chi connectivity index (χ2n) is 1.56. The normalized spacial score (nSPS) is 9.00. The van der Waals surface area contributed by atoms with E-state index in [1.165, 1.54) is 6.26 Å². The minimum atomic E-state index is 0.373. The molecule has 3 nitrogen and oxygen atoms in total. The van der Waals surface area contributed by atoms with Crippen LogP contribution in [0.2, 0.25) is 0 Å². The molecule has 0 amide bonds. The zero-order valence-electron chi connectivity index (χ0n) is 4.96. The van der Waals surface area contributed by atoms with Crippen LogP contribution < -0.4 is 4.74 Å². The Kier molecular flexibility index (Phi) is 1.53. The number of ether oxygens (including phenoxy) is 1. The molecule has 3 heteroatoms. The maximum Gasteiger partial charge on any atom is 0.298 e. The van der Waals surface area contributed by atoms with E-state index in [1.54, 1.807) is 13.0 Å². The fourth-order valence-electron chi connectivity index (χ4n) is 0.547. The molecule has 0 aliphatic carbocycles. The fourth-order valence-corrected chi connectivity index (χ4v) is 0.547. The van der Waals surface area contributed by atoms with Crippen LogP contribution >= 0.6 is 0 Å². The predicted molar refractivity (Wildman–Crippen MR) is 30.1 cm³/mol. The topological polar surface area (TPSA) is 39.4 Å². The highest BCUT2D eigenvalue weighted by molar-refractivity contribution is 5.45. The third-order valence-electron chi connectivity index (χ3n) is 0.986. The maximum absolute atomic E-state index is 9.76. The van der Waals surface area contributed by atoms with Crippen LogP contribution in [-0.4, -0.2) is 6.47 Å². The molecule has 0 aliphatic rings. The number of hydrogen-bond acceptors (Lipinski definition) is 3. The Morgan fingerprint density at radius 3 is 3.00 bits per heavy atom. The Hall–Kier alpha value is -1.25. The van der Waals surface area contributed by atoms with Gasteiger partial charge in [0.25, 0.3) is 6.47 Å². The minimum Gasteiger partial charge on any atom is -0.466 e. The van der Waals surface area contributed by atoms with E-state index in [2.05, 4.69) is 4.74 Å². The first-order chi connectivity index (χ1) is 4.34. The number of furan rings is 1. The van der Waals surface area contributed by atoms with Crippen LogP contribution in [0.4, 0.5) is 0 Å². The van der Waals surface area contributed by atoms with Gasteiger partial charge in [0.2, 0.25) is 0 Å². The van der Waals surface area contributed by atoms with Crippen molar-refractivity contribution in [2.24, 2.45) is 0 Å². The Labute approximate surface area is 52.2 Å². The van der Waals surface area contributed by atoms with Gasteiger partial charge in [-0.1, -0.05) is 0 Å². The lowest BCUT2D eigenvalue weighted by Gasteiger charge is -1.89. The molecule has 1 aromatic rings. The van der Waals surface area contributed by atoms with Gasteiger partial charge in [-0.3, -0.25) is 4.79 Å². The van der Waals surface area contributed by atoms with Crippen LogP contribution in [-0.2, 0) is 4.79 Å². The average Bonchev–Trinajstić information content (AvgIpc) is 2.18. The molecule has 1 rings (SSSR count). The van der Waals surface area contributed by atoms with Crippen LogP contribution in [0.1, 0.15) is 5.76 Å². The highest BCUT2D eigenvalue weighted by atomic mass is 16.5. The highest BCUT2D eigenvalue weighted by Gasteiger charge is 1.98. The van der Waals surface area contributed by atoms with Gasteiger partial charge in [0, 0.05) is 6.07 Å². The molecule has 0 aromatic carbocycles. The summed E-state index contributed by atoms with van der Waals surface area (Å²) in [6, 6.07) is 1.59. The first-order valence-corrected chi connectivity index (χ1v) is 2.49. The van der Waals surface area contributed by atoms with Crippen LogP contribution in [0, 0.1) is 6.92 Å². The summed E-state index contributed by atoms with van der Waals surface area (Å²) < 4.78 is 9.34. The minimum absolute atomic E-state index is 0.373. The van der Waals surface area contributed by atoms with E-state index in [0.717, 1.165) is 0 Å². The molecule has 48 valence electrons. The van der Waals surface area contributed by atoms with Crippen molar-refractivity contribution in [3.63, 3.8) is 0 Å². The molecule has 0 spiro atoms. The van der Waals surface area contributed by atoms with E-state index in [1.807, 2.05) is 0 Å². The SMILES string of the molecule is Cc1occc1OC=O. The van der Waals surface area contributed by atoms with Crippen molar-refractivity contribution in [2.45, 2.75) is 6.92 Å². The van der Waals surface area contributed by atoms with Crippen molar-refractivity contribution in [3.8, 4) is 5.75 Å². The summed E-state index contributed by atoms with van der Waals surface area (Å²) >= 11 is 0. The van der Waals surface area contributed by atoms with Gasteiger partial charge < -0.3 is 9.15 Å². The maximum atomic E-state index is 9.76. The van der Waals surface area contributed by atoms with Crippen molar-refractivity contribution in [3.05, 3.63) is 18.1 Å². The number of carbonyl (C=O) groups is 1. The van der Waals surface area contributed by atoms with E-state index in [4.69, 9.17) is 4.42 Å². The number of carbonyl (C=O) groups excluding carboxylic acids is 1. The van der Waals surface area contributed by atoms with E-state index in [0.29, 0.717) is 18.0 Å². The van der Waals surface area contributed by atoms with Gasteiger partial charge in [-0.15, -0.1) is 0 Å². The third kappa shape index (κ3) is 1.10. The lowest BCUT2D eigenvalue weighted by molar-refractivity contribution is -0.120. The van der Waals surface area contributed by atoms with Gasteiger partial charge >= 0.3 is 0 Å². The molecule has 1 heterocycles. The lowest BCUT2D eigenvalue weighted by atomic mass is 10.5. The number of aryl methyl sites for hydroxylation is 1. The molecule has 0 fully saturated rings. The van der Waals surface area contributed by atoms with E-state index in [-0.39, 0.29) is 0 Å². The molecule has 9 heavy (non-hydrogen) atoms. The Morgan fingerprint density at radius 1 is 1.78 bits per heavy atom. The summed E-state index contributed by atoms with van der Waals surface area (Å²) in [6.07, 6.45) is 1.47. The second-order valence-corrected chi connectivity index (χ2v) is 1.56. The zero-order chi connectivity index (χ0) is 6.69.